The van der Waals surface area contributed by atoms with E-state index in [1.165, 1.54) is 5.56 Å². The van der Waals surface area contributed by atoms with Gasteiger partial charge in [0.25, 0.3) is 0 Å². The number of hydrogen-bond donors (Lipinski definition) is 1. The number of anilines is 1. The van der Waals surface area contributed by atoms with Gasteiger partial charge in [0.15, 0.2) is 0 Å². The molecule has 0 aliphatic heterocycles. The number of halogens is 1. The SMILES string of the molecule is Cc1cnc(NC(=O)[C@H]2CCc3cnn(C)c3C2)c(Br)c1. The Morgan fingerprint density at radius 2 is 2.29 bits per heavy atom. The van der Waals surface area contributed by atoms with Crippen molar-refractivity contribution < 1.29 is 4.79 Å². The van der Waals surface area contributed by atoms with Crippen LogP contribution in [0.5, 0.6) is 0 Å². The molecule has 1 aliphatic rings. The van der Waals surface area contributed by atoms with Crippen LogP contribution in [-0.2, 0) is 24.7 Å². The molecule has 0 aromatic carbocycles. The molecule has 1 amide bonds. The fourth-order valence-corrected chi connectivity index (χ4v) is 3.28. The predicted molar refractivity (Wildman–Crippen MR) is 84.0 cm³/mol. The molecular weight excluding hydrogens is 332 g/mol. The van der Waals surface area contributed by atoms with E-state index >= 15 is 0 Å². The van der Waals surface area contributed by atoms with Gasteiger partial charge in [0.05, 0.1) is 10.7 Å². The lowest BCUT2D eigenvalue weighted by atomic mass is 9.87. The van der Waals surface area contributed by atoms with E-state index < -0.39 is 0 Å². The lowest BCUT2D eigenvalue weighted by Gasteiger charge is -2.22. The first kappa shape index (κ1) is 14.3. The highest BCUT2D eigenvalue weighted by Crippen LogP contribution is 2.27. The highest BCUT2D eigenvalue weighted by molar-refractivity contribution is 9.10. The molecule has 3 rings (SSSR count). The van der Waals surface area contributed by atoms with Gasteiger partial charge in [-0.2, -0.15) is 5.10 Å². The molecule has 1 atom stereocenters. The Bertz CT molecular complexity index is 695. The van der Waals surface area contributed by atoms with Crippen molar-refractivity contribution in [2.75, 3.05) is 5.32 Å². The Morgan fingerprint density at radius 3 is 3.05 bits per heavy atom. The minimum atomic E-state index is -0.0251. The third kappa shape index (κ3) is 2.85. The summed E-state index contributed by atoms with van der Waals surface area (Å²) in [5.41, 5.74) is 3.48. The van der Waals surface area contributed by atoms with Crippen molar-refractivity contribution in [2.45, 2.75) is 26.2 Å². The van der Waals surface area contributed by atoms with Crippen LogP contribution < -0.4 is 5.32 Å². The second-order valence-electron chi connectivity index (χ2n) is 5.51. The fourth-order valence-electron chi connectivity index (χ4n) is 2.71. The highest BCUT2D eigenvalue weighted by atomic mass is 79.9. The van der Waals surface area contributed by atoms with Gasteiger partial charge in [0.2, 0.25) is 5.91 Å². The number of nitrogens with zero attached hydrogens (tertiary/aromatic N) is 3. The first-order chi connectivity index (χ1) is 10.0. The van der Waals surface area contributed by atoms with Crippen molar-refractivity contribution in [3.8, 4) is 0 Å². The molecule has 0 unspecified atom stereocenters. The molecule has 0 spiro atoms. The summed E-state index contributed by atoms with van der Waals surface area (Å²) in [6.45, 7) is 1.97. The maximum absolute atomic E-state index is 12.4. The van der Waals surface area contributed by atoms with Crippen molar-refractivity contribution in [3.63, 3.8) is 0 Å². The third-order valence-corrected chi connectivity index (χ3v) is 4.54. The molecular formula is C15H17BrN4O. The second kappa shape index (κ2) is 5.60. The summed E-state index contributed by atoms with van der Waals surface area (Å²) in [5, 5.41) is 7.19. The molecule has 110 valence electrons. The number of fused-ring (bicyclic) bond motifs is 1. The maximum Gasteiger partial charge on any atom is 0.229 e. The Hall–Kier alpha value is -1.69. The number of carbonyl (C=O) groups is 1. The number of carbonyl (C=O) groups excluding carboxylic acids is 1. The van der Waals surface area contributed by atoms with Crippen LogP contribution in [0, 0.1) is 12.8 Å². The van der Waals surface area contributed by atoms with E-state index in [2.05, 4.69) is 31.3 Å². The van der Waals surface area contributed by atoms with E-state index in [0.29, 0.717) is 5.82 Å². The lowest BCUT2D eigenvalue weighted by Crippen LogP contribution is -2.29. The first-order valence-corrected chi connectivity index (χ1v) is 7.76. The van der Waals surface area contributed by atoms with Crippen LogP contribution in [0.25, 0.3) is 0 Å². The molecule has 1 aliphatic carbocycles. The van der Waals surface area contributed by atoms with Crippen molar-refractivity contribution in [2.24, 2.45) is 13.0 Å². The number of hydrogen-bond acceptors (Lipinski definition) is 3. The Labute approximate surface area is 131 Å². The Morgan fingerprint density at radius 1 is 1.48 bits per heavy atom. The average Bonchev–Trinajstić information content (AvgIpc) is 2.83. The topological polar surface area (TPSA) is 59.8 Å². The molecule has 1 N–H and O–H groups in total. The number of nitrogens with one attached hydrogen (secondary N) is 1. The molecule has 0 fully saturated rings. The van der Waals surface area contributed by atoms with Crippen molar-refractivity contribution in [3.05, 3.63) is 39.8 Å². The lowest BCUT2D eigenvalue weighted by molar-refractivity contribution is -0.120. The zero-order valence-electron chi connectivity index (χ0n) is 12.1. The summed E-state index contributed by atoms with van der Waals surface area (Å²) < 4.78 is 2.68. The van der Waals surface area contributed by atoms with E-state index in [1.807, 2.05) is 30.9 Å². The van der Waals surface area contributed by atoms with E-state index in [-0.39, 0.29) is 11.8 Å². The standard InChI is InChI=1S/C15H17BrN4O/c1-9-5-12(16)14(17-7-9)19-15(21)10-3-4-11-8-18-20(2)13(11)6-10/h5,7-8,10H,3-4,6H2,1-2H3,(H,17,19,21)/t10-/m0/s1. The molecule has 2 heterocycles. The number of pyridine rings is 1. The van der Waals surface area contributed by atoms with Crippen LogP contribution in [0.3, 0.4) is 0 Å². The van der Waals surface area contributed by atoms with Gasteiger partial charge in [-0.15, -0.1) is 0 Å². The quantitative estimate of drug-likeness (QED) is 0.907. The van der Waals surface area contributed by atoms with Crippen LogP contribution in [-0.4, -0.2) is 20.7 Å². The first-order valence-electron chi connectivity index (χ1n) is 6.97. The smallest absolute Gasteiger partial charge is 0.229 e. The molecule has 21 heavy (non-hydrogen) atoms. The molecule has 5 nitrogen and oxygen atoms in total. The van der Waals surface area contributed by atoms with E-state index in [4.69, 9.17) is 0 Å². The number of aromatic nitrogens is 3. The van der Waals surface area contributed by atoms with Crippen LogP contribution in [0.1, 0.15) is 23.2 Å². The molecule has 0 saturated carbocycles. The summed E-state index contributed by atoms with van der Waals surface area (Å²) in [7, 11) is 1.93. The summed E-state index contributed by atoms with van der Waals surface area (Å²) >= 11 is 3.44. The summed E-state index contributed by atoms with van der Waals surface area (Å²) in [4.78, 5) is 16.7. The summed E-state index contributed by atoms with van der Waals surface area (Å²) in [5.74, 6) is 0.586. The summed E-state index contributed by atoms with van der Waals surface area (Å²) in [6.07, 6.45) is 6.15. The van der Waals surface area contributed by atoms with Gasteiger partial charge < -0.3 is 5.32 Å². The van der Waals surface area contributed by atoms with Gasteiger partial charge in [-0.1, -0.05) is 0 Å². The van der Waals surface area contributed by atoms with Crippen LogP contribution >= 0.6 is 15.9 Å². The average molecular weight is 349 g/mol. The number of rotatable bonds is 2. The fraction of sp³-hybridized carbons (Fsp3) is 0.400. The van der Waals surface area contributed by atoms with Gasteiger partial charge in [0, 0.05) is 31.3 Å². The summed E-state index contributed by atoms with van der Waals surface area (Å²) in [6, 6.07) is 1.95. The van der Waals surface area contributed by atoms with E-state index in [0.717, 1.165) is 35.0 Å². The molecule has 0 bridgehead atoms. The van der Waals surface area contributed by atoms with Crippen molar-refractivity contribution in [1.82, 2.24) is 14.8 Å². The van der Waals surface area contributed by atoms with Gasteiger partial charge in [-0.25, -0.2) is 4.98 Å². The van der Waals surface area contributed by atoms with Crippen molar-refractivity contribution >= 4 is 27.7 Å². The largest absolute Gasteiger partial charge is 0.310 e. The minimum absolute atomic E-state index is 0.0251. The molecule has 6 heteroatoms. The van der Waals surface area contributed by atoms with Crippen LogP contribution in [0.15, 0.2) is 22.9 Å². The second-order valence-corrected chi connectivity index (χ2v) is 6.37. The van der Waals surface area contributed by atoms with Gasteiger partial charge in [-0.05, 0) is 52.9 Å². The van der Waals surface area contributed by atoms with Crippen LogP contribution in [0.2, 0.25) is 0 Å². The number of amides is 1. The van der Waals surface area contributed by atoms with Gasteiger partial charge >= 0.3 is 0 Å². The predicted octanol–water partition coefficient (Wildman–Crippen LogP) is 2.63. The van der Waals surface area contributed by atoms with E-state index in [9.17, 15) is 4.79 Å². The van der Waals surface area contributed by atoms with Gasteiger partial charge in [0.1, 0.15) is 5.82 Å². The van der Waals surface area contributed by atoms with Crippen molar-refractivity contribution in [1.29, 1.82) is 0 Å². The van der Waals surface area contributed by atoms with E-state index in [1.54, 1.807) is 6.20 Å². The third-order valence-electron chi connectivity index (χ3n) is 3.94. The maximum atomic E-state index is 12.4. The molecule has 0 saturated heterocycles. The van der Waals surface area contributed by atoms with Gasteiger partial charge in [-0.3, -0.25) is 9.48 Å². The number of aryl methyl sites for hydroxylation is 3. The molecule has 2 aromatic heterocycles. The molecule has 0 radical (unpaired) electrons. The zero-order valence-corrected chi connectivity index (χ0v) is 13.6. The molecule has 2 aromatic rings. The highest BCUT2D eigenvalue weighted by Gasteiger charge is 2.27. The monoisotopic (exact) mass is 348 g/mol. The normalized spacial score (nSPS) is 17.4. The Kier molecular flexibility index (Phi) is 3.80. The van der Waals surface area contributed by atoms with Crippen LogP contribution in [0.4, 0.5) is 5.82 Å². The zero-order chi connectivity index (χ0) is 15.0. The Balaban J connectivity index is 1.73. The minimum Gasteiger partial charge on any atom is -0.310 e.